The first-order valence-corrected chi connectivity index (χ1v) is 8.67. The molecule has 28 heavy (non-hydrogen) atoms. The van der Waals surface area contributed by atoms with Crippen molar-refractivity contribution in [2.24, 2.45) is 0 Å². The average Bonchev–Trinajstić information content (AvgIpc) is 2.66. The van der Waals surface area contributed by atoms with Crippen molar-refractivity contribution < 1.29 is 49.7 Å². The van der Waals surface area contributed by atoms with Crippen molar-refractivity contribution in [2.45, 2.75) is 43.9 Å². The molecule has 0 aromatic carbocycles. The fourth-order valence-electron chi connectivity index (χ4n) is 1.97. The summed E-state index contributed by atoms with van der Waals surface area (Å²) >= 11 is 0. The van der Waals surface area contributed by atoms with Crippen molar-refractivity contribution in [3.63, 3.8) is 0 Å². The first-order valence-electron chi connectivity index (χ1n) is 8.67. The largest absolute Gasteiger partial charge is 0.463 e. The zero-order valence-corrected chi connectivity index (χ0v) is 16.1. The van der Waals surface area contributed by atoms with Crippen LogP contribution in [-0.4, -0.2) is 118 Å². The van der Waals surface area contributed by atoms with Crippen LogP contribution in [0.15, 0.2) is 12.2 Å². The summed E-state index contributed by atoms with van der Waals surface area (Å²) in [5.41, 5.74) is 0.179. The van der Waals surface area contributed by atoms with Crippen molar-refractivity contribution in [3.05, 3.63) is 12.2 Å². The van der Waals surface area contributed by atoms with Gasteiger partial charge in [-0.2, -0.15) is 0 Å². The highest BCUT2D eigenvalue weighted by atomic mass is 16.6. The highest BCUT2D eigenvalue weighted by molar-refractivity contribution is 5.86. The molecule has 0 saturated carbocycles. The predicted octanol–water partition coefficient (Wildman–Crippen LogP) is -3.23. The van der Waals surface area contributed by atoms with Crippen molar-refractivity contribution in [1.82, 2.24) is 4.90 Å². The Balaban J connectivity index is 4.11. The molecule has 0 aromatic heterocycles. The van der Waals surface area contributed by atoms with E-state index in [9.17, 15) is 35.1 Å². The lowest BCUT2D eigenvalue weighted by molar-refractivity contribution is -0.150. The number of aliphatic hydroxyl groups is 6. The molecule has 0 amide bonds. The zero-order valence-electron chi connectivity index (χ0n) is 16.1. The van der Waals surface area contributed by atoms with E-state index in [-0.39, 0.29) is 38.3 Å². The summed E-state index contributed by atoms with van der Waals surface area (Å²) in [7, 11) is 1.55. The minimum absolute atomic E-state index is 0.0839. The molecule has 0 radical (unpaired) electrons. The van der Waals surface area contributed by atoms with Gasteiger partial charge in [-0.05, 0) is 14.0 Å². The van der Waals surface area contributed by atoms with Crippen LogP contribution < -0.4 is 0 Å². The van der Waals surface area contributed by atoms with E-state index in [0.29, 0.717) is 0 Å². The molecule has 5 unspecified atom stereocenters. The van der Waals surface area contributed by atoms with E-state index in [2.05, 4.69) is 6.58 Å². The Hall–Kier alpha value is -1.60. The number of likely N-dealkylation sites (N-methyl/N-ethyl adjacent to an activating group) is 1. The molecule has 0 rings (SSSR count). The number of nitrogens with zero attached hydrogens (tertiary/aromatic N) is 1. The number of rotatable bonds is 14. The third kappa shape index (κ3) is 10.7. The van der Waals surface area contributed by atoms with Crippen LogP contribution in [0.5, 0.6) is 0 Å². The maximum absolute atomic E-state index is 11.7. The lowest BCUT2D eigenvalue weighted by Crippen LogP contribution is -2.49. The highest BCUT2D eigenvalue weighted by Crippen LogP contribution is 2.07. The van der Waals surface area contributed by atoms with Gasteiger partial charge in [-0.25, -0.2) is 4.79 Å². The topological polar surface area (TPSA) is 177 Å². The van der Waals surface area contributed by atoms with E-state index >= 15 is 0 Å². The molecule has 11 nitrogen and oxygen atoms in total. The van der Waals surface area contributed by atoms with E-state index < -0.39 is 49.1 Å². The summed E-state index contributed by atoms with van der Waals surface area (Å²) in [6, 6.07) is 0. The zero-order chi connectivity index (χ0) is 21.9. The van der Waals surface area contributed by atoms with Crippen molar-refractivity contribution in [2.75, 3.05) is 40.0 Å². The fraction of sp³-hybridized carbons (Fsp3) is 0.765. The number of carbonyl (C=O) groups is 2. The van der Waals surface area contributed by atoms with Crippen LogP contribution >= 0.6 is 0 Å². The molecule has 5 atom stereocenters. The van der Waals surface area contributed by atoms with Gasteiger partial charge in [0, 0.05) is 18.7 Å². The summed E-state index contributed by atoms with van der Waals surface area (Å²) in [4.78, 5) is 24.3. The Morgan fingerprint density at radius 1 is 1.00 bits per heavy atom. The Labute approximate surface area is 163 Å². The number of ether oxygens (including phenoxy) is 2. The first-order chi connectivity index (χ1) is 13.0. The highest BCUT2D eigenvalue weighted by Gasteiger charge is 2.30. The molecular formula is C17H31NO10. The van der Waals surface area contributed by atoms with E-state index in [1.807, 2.05) is 0 Å². The van der Waals surface area contributed by atoms with Crippen molar-refractivity contribution in [3.8, 4) is 0 Å². The molecule has 0 bridgehead atoms. The summed E-state index contributed by atoms with van der Waals surface area (Å²) in [5.74, 6) is -1.30. The Morgan fingerprint density at radius 2 is 1.54 bits per heavy atom. The number of esters is 2. The Kier molecular flexibility index (Phi) is 12.8. The van der Waals surface area contributed by atoms with E-state index in [0.717, 1.165) is 0 Å². The average molecular weight is 409 g/mol. The van der Waals surface area contributed by atoms with Crippen LogP contribution in [0.4, 0.5) is 0 Å². The van der Waals surface area contributed by atoms with E-state index in [1.54, 1.807) is 7.05 Å². The van der Waals surface area contributed by atoms with E-state index in [1.165, 1.54) is 11.8 Å². The van der Waals surface area contributed by atoms with Crippen LogP contribution in [0.3, 0.4) is 0 Å². The van der Waals surface area contributed by atoms with Gasteiger partial charge in [-0.1, -0.05) is 6.58 Å². The van der Waals surface area contributed by atoms with Crippen LogP contribution in [0.2, 0.25) is 0 Å². The van der Waals surface area contributed by atoms with Gasteiger partial charge in [0.05, 0.1) is 19.1 Å². The SMILES string of the molecule is C=C(C)C(=O)OCC(O)COC(=O)CCN(C)CC(O)C(O)C(O)C(O)CO. The van der Waals surface area contributed by atoms with Gasteiger partial charge in [-0.15, -0.1) is 0 Å². The van der Waals surface area contributed by atoms with Gasteiger partial charge in [-0.3, -0.25) is 4.79 Å². The third-order valence-electron chi connectivity index (χ3n) is 3.71. The molecule has 164 valence electrons. The summed E-state index contributed by atoms with van der Waals surface area (Å²) in [6.07, 6.45) is -7.69. The minimum Gasteiger partial charge on any atom is -0.463 e. The maximum Gasteiger partial charge on any atom is 0.333 e. The molecule has 0 aliphatic heterocycles. The summed E-state index contributed by atoms with van der Waals surface area (Å²) in [6.45, 7) is 3.38. The van der Waals surface area contributed by atoms with Crippen LogP contribution in [0.25, 0.3) is 0 Å². The number of aliphatic hydroxyl groups excluding tert-OH is 6. The van der Waals surface area contributed by atoms with Crippen molar-refractivity contribution >= 4 is 11.9 Å². The second-order valence-corrected chi connectivity index (χ2v) is 6.53. The molecule has 0 aromatic rings. The molecule has 0 aliphatic rings. The van der Waals surface area contributed by atoms with Crippen LogP contribution in [-0.2, 0) is 19.1 Å². The Morgan fingerprint density at radius 3 is 2.07 bits per heavy atom. The summed E-state index contributed by atoms with van der Waals surface area (Å²) < 4.78 is 9.55. The van der Waals surface area contributed by atoms with Crippen molar-refractivity contribution in [1.29, 1.82) is 0 Å². The first kappa shape index (κ1) is 26.4. The number of hydrogen-bond donors (Lipinski definition) is 6. The monoisotopic (exact) mass is 409 g/mol. The Bertz CT molecular complexity index is 500. The quantitative estimate of drug-likeness (QED) is 0.126. The van der Waals surface area contributed by atoms with Crippen LogP contribution in [0, 0.1) is 0 Å². The van der Waals surface area contributed by atoms with Gasteiger partial charge >= 0.3 is 11.9 Å². The molecule has 0 spiro atoms. The second-order valence-electron chi connectivity index (χ2n) is 6.53. The standard InChI is InChI=1S/C17H31NO10/c1-10(2)17(26)28-9-11(20)8-27-14(23)4-5-18(3)6-12(21)15(24)16(25)13(22)7-19/h11-13,15-16,19-22,24-25H,1,4-9H2,2-3H3. The lowest BCUT2D eigenvalue weighted by atomic mass is 10.0. The smallest absolute Gasteiger partial charge is 0.333 e. The minimum atomic E-state index is -1.72. The molecule has 0 fully saturated rings. The number of carbonyl (C=O) groups excluding carboxylic acids is 2. The molecule has 0 heterocycles. The van der Waals surface area contributed by atoms with Crippen LogP contribution in [0.1, 0.15) is 13.3 Å². The van der Waals surface area contributed by atoms with Gasteiger partial charge in [0.2, 0.25) is 0 Å². The predicted molar refractivity (Wildman–Crippen MR) is 96.0 cm³/mol. The normalized spacial score (nSPS) is 16.8. The third-order valence-corrected chi connectivity index (χ3v) is 3.71. The molecule has 0 saturated heterocycles. The second kappa shape index (κ2) is 13.6. The maximum atomic E-state index is 11.7. The fourth-order valence-corrected chi connectivity index (χ4v) is 1.97. The molecular weight excluding hydrogens is 378 g/mol. The number of hydrogen-bond acceptors (Lipinski definition) is 11. The van der Waals surface area contributed by atoms with Gasteiger partial charge in [0.25, 0.3) is 0 Å². The van der Waals surface area contributed by atoms with Gasteiger partial charge in [0.1, 0.15) is 37.6 Å². The lowest BCUT2D eigenvalue weighted by Gasteiger charge is -2.28. The molecule has 11 heteroatoms. The molecule has 0 aliphatic carbocycles. The molecule has 6 N–H and O–H groups in total. The van der Waals surface area contributed by atoms with Gasteiger partial charge in [0.15, 0.2) is 0 Å². The van der Waals surface area contributed by atoms with E-state index in [4.69, 9.17) is 14.6 Å². The van der Waals surface area contributed by atoms with Gasteiger partial charge < -0.3 is 45.0 Å². The summed E-state index contributed by atoms with van der Waals surface area (Å²) in [5, 5.41) is 56.7.